The molecule has 0 radical (unpaired) electrons. The van der Waals surface area contributed by atoms with Crippen molar-refractivity contribution in [2.24, 2.45) is 0 Å². The Kier molecular flexibility index (Phi) is 4.00. The van der Waals surface area contributed by atoms with Gasteiger partial charge in [0.25, 0.3) is 0 Å². The largest absolute Gasteiger partial charge is 0.371 e. The molecule has 2 fully saturated rings. The molecule has 3 rings (SSSR count). The number of ether oxygens (including phenoxy) is 1. The van der Waals surface area contributed by atoms with E-state index in [2.05, 4.69) is 22.9 Å². The second-order valence-electron chi connectivity index (χ2n) is 4.55. The van der Waals surface area contributed by atoms with Gasteiger partial charge in [-0.05, 0) is 37.5 Å². The van der Waals surface area contributed by atoms with Crippen molar-refractivity contribution in [3.8, 4) is 0 Å². The van der Waals surface area contributed by atoms with Crippen LogP contribution in [0.15, 0.2) is 18.3 Å². The molecule has 0 spiro atoms. The van der Waals surface area contributed by atoms with Crippen molar-refractivity contribution >= 4 is 5.82 Å². The average Bonchev–Trinajstić information content (AvgIpc) is 2.71. The van der Waals surface area contributed by atoms with Gasteiger partial charge in [0.15, 0.2) is 0 Å². The molecule has 2 unspecified atom stereocenters. The maximum atomic E-state index is 5.81. The number of pyridine rings is 1. The van der Waals surface area contributed by atoms with Crippen LogP contribution < -0.4 is 4.90 Å². The Morgan fingerprint density at radius 3 is 2.47 bits per heavy atom. The lowest BCUT2D eigenvalue weighted by atomic mass is 10.2. The van der Waals surface area contributed by atoms with Gasteiger partial charge in [-0.1, -0.05) is 13.8 Å². The van der Waals surface area contributed by atoms with E-state index in [0.717, 1.165) is 18.9 Å². The van der Waals surface area contributed by atoms with Crippen LogP contribution in [-0.4, -0.2) is 30.3 Å². The summed E-state index contributed by atoms with van der Waals surface area (Å²) in [7, 11) is 0. The van der Waals surface area contributed by atoms with Gasteiger partial charge < -0.3 is 9.64 Å². The number of hydrogen-bond donors (Lipinski definition) is 0. The fourth-order valence-electron chi connectivity index (χ4n) is 2.50. The normalized spacial score (nSPS) is 26.4. The molecule has 3 heteroatoms. The van der Waals surface area contributed by atoms with Gasteiger partial charge in [-0.2, -0.15) is 0 Å². The van der Waals surface area contributed by atoms with E-state index >= 15 is 0 Å². The van der Waals surface area contributed by atoms with E-state index < -0.39 is 0 Å². The Morgan fingerprint density at radius 1 is 1.24 bits per heavy atom. The van der Waals surface area contributed by atoms with E-state index in [9.17, 15) is 0 Å². The third kappa shape index (κ3) is 2.78. The first-order valence-electron chi connectivity index (χ1n) is 6.64. The van der Waals surface area contributed by atoms with Crippen molar-refractivity contribution in [2.75, 3.05) is 18.0 Å². The second-order valence-corrected chi connectivity index (χ2v) is 4.55. The highest BCUT2D eigenvalue weighted by Gasteiger charge is 2.34. The standard InChI is InChI=1S/C12H16N2O.C2H6/c1-9-4-5-13-12(6-9)14-7-10-2-3-11(8-14)15-10;1-2/h4-6,10-11H,2-3,7-8H2,1H3;1-2H3. The molecule has 0 N–H and O–H groups in total. The lowest BCUT2D eigenvalue weighted by molar-refractivity contribution is 0.0302. The Hall–Kier alpha value is -1.09. The summed E-state index contributed by atoms with van der Waals surface area (Å²) < 4.78 is 5.81. The quantitative estimate of drug-likeness (QED) is 0.747. The van der Waals surface area contributed by atoms with Gasteiger partial charge in [0.1, 0.15) is 5.82 Å². The smallest absolute Gasteiger partial charge is 0.128 e. The number of morpholine rings is 1. The topological polar surface area (TPSA) is 25.4 Å². The van der Waals surface area contributed by atoms with Crippen LogP contribution in [0.2, 0.25) is 0 Å². The molecule has 94 valence electrons. The zero-order valence-electron chi connectivity index (χ0n) is 11.0. The Bertz CT molecular complexity index is 355. The minimum atomic E-state index is 0.436. The molecule has 2 aliphatic heterocycles. The third-order valence-electron chi connectivity index (χ3n) is 3.27. The lowest BCUT2D eigenvalue weighted by Gasteiger charge is -2.33. The molecule has 0 saturated carbocycles. The van der Waals surface area contributed by atoms with Gasteiger partial charge in [-0.25, -0.2) is 4.98 Å². The van der Waals surface area contributed by atoms with Gasteiger partial charge in [0.05, 0.1) is 12.2 Å². The second kappa shape index (κ2) is 5.50. The highest BCUT2D eigenvalue weighted by molar-refractivity contribution is 5.41. The van der Waals surface area contributed by atoms with Gasteiger partial charge in [0.2, 0.25) is 0 Å². The maximum Gasteiger partial charge on any atom is 0.128 e. The van der Waals surface area contributed by atoms with E-state index in [1.807, 2.05) is 26.1 Å². The van der Waals surface area contributed by atoms with E-state index in [0.29, 0.717) is 12.2 Å². The van der Waals surface area contributed by atoms with E-state index in [1.54, 1.807) is 0 Å². The summed E-state index contributed by atoms with van der Waals surface area (Å²) >= 11 is 0. The molecule has 2 aliphatic rings. The van der Waals surface area contributed by atoms with Crippen molar-refractivity contribution in [1.82, 2.24) is 4.98 Å². The van der Waals surface area contributed by atoms with Gasteiger partial charge in [0, 0.05) is 19.3 Å². The Morgan fingerprint density at radius 2 is 1.88 bits per heavy atom. The van der Waals surface area contributed by atoms with Crippen LogP contribution in [0, 0.1) is 6.92 Å². The zero-order chi connectivity index (χ0) is 12.3. The van der Waals surface area contributed by atoms with Gasteiger partial charge in [-0.15, -0.1) is 0 Å². The van der Waals surface area contributed by atoms with Crippen molar-refractivity contribution in [1.29, 1.82) is 0 Å². The van der Waals surface area contributed by atoms with E-state index in [4.69, 9.17) is 4.74 Å². The minimum absolute atomic E-state index is 0.436. The van der Waals surface area contributed by atoms with Crippen molar-refractivity contribution in [3.63, 3.8) is 0 Å². The Labute approximate surface area is 104 Å². The first kappa shape index (κ1) is 12.4. The fourth-order valence-corrected chi connectivity index (χ4v) is 2.50. The first-order chi connectivity index (χ1) is 8.31. The molecule has 1 aromatic heterocycles. The summed E-state index contributed by atoms with van der Waals surface area (Å²) in [5, 5.41) is 0. The van der Waals surface area contributed by atoms with Crippen LogP contribution in [0.25, 0.3) is 0 Å². The molecule has 2 bridgehead atoms. The number of nitrogens with zero attached hydrogens (tertiary/aromatic N) is 2. The first-order valence-corrected chi connectivity index (χ1v) is 6.64. The summed E-state index contributed by atoms with van der Waals surface area (Å²) in [6, 6.07) is 4.20. The molecule has 0 aromatic carbocycles. The highest BCUT2D eigenvalue weighted by atomic mass is 16.5. The predicted octanol–water partition coefficient (Wildman–Crippen LogP) is 2.78. The summed E-state index contributed by atoms with van der Waals surface area (Å²) in [4.78, 5) is 6.79. The zero-order valence-corrected chi connectivity index (χ0v) is 11.0. The van der Waals surface area contributed by atoms with Crippen molar-refractivity contribution in [3.05, 3.63) is 23.9 Å². The third-order valence-corrected chi connectivity index (χ3v) is 3.27. The monoisotopic (exact) mass is 234 g/mol. The summed E-state index contributed by atoms with van der Waals surface area (Å²) in [5.74, 6) is 1.11. The minimum Gasteiger partial charge on any atom is -0.371 e. The maximum absolute atomic E-state index is 5.81. The van der Waals surface area contributed by atoms with Crippen LogP contribution >= 0.6 is 0 Å². The van der Waals surface area contributed by atoms with Crippen molar-refractivity contribution < 1.29 is 4.74 Å². The lowest BCUT2D eigenvalue weighted by Crippen LogP contribution is -2.43. The fraction of sp³-hybridized carbons (Fsp3) is 0.643. The molecule has 17 heavy (non-hydrogen) atoms. The van der Waals surface area contributed by atoms with Crippen LogP contribution in [0.1, 0.15) is 32.3 Å². The average molecular weight is 234 g/mol. The molecule has 0 aliphatic carbocycles. The summed E-state index contributed by atoms with van der Waals surface area (Å²) in [6.07, 6.45) is 5.19. The molecule has 1 aromatic rings. The molecule has 3 heterocycles. The molecule has 3 nitrogen and oxygen atoms in total. The van der Waals surface area contributed by atoms with Crippen LogP contribution in [-0.2, 0) is 4.74 Å². The van der Waals surface area contributed by atoms with Crippen LogP contribution in [0.5, 0.6) is 0 Å². The predicted molar refractivity (Wildman–Crippen MR) is 70.4 cm³/mol. The molecular weight excluding hydrogens is 212 g/mol. The van der Waals surface area contributed by atoms with Gasteiger partial charge in [-0.3, -0.25) is 0 Å². The Balaban J connectivity index is 0.000000514. The van der Waals surface area contributed by atoms with E-state index in [-0.39, 0.29) is 0 Å². The molecular formula is C14H22N2O. The number of anilines is 1. The number of rotatable bonds is 1. The van der Waals surface area contributed by atoms with E-state index in [1.165, 1.54) is 18.4 Å². The summed E-state index contributed by atoms with van der Waals surface area (Å²) in [6.45, 7) is 8.13. The van der Waals surface area contributed by atoms with Crippen LogP contribution in [0.4, 0.5) is 5.82 Å². The number of aryl methyl sites for hydroxylation is 1. The summed E-state index contributed by atoms with van der Waals surface area (Å²) in [5.41, 5.74) is 1.28. The molecule has 0 amide bonds. The van der Waals surface area contributed by atoms with Gasteiger partial charge >= 0.3 is 0 Å². The molecule has 2 atom stereocenters. The van der Waals surface area contributed by atoms with Crippen molar-refractivity contribution in [2.45, 2.75) is 45.8 Å². The van der Waals surface area contributed by atoms with Crippen LogP contribution in [0.3, 0.4) is 0 Å². The number of aromatic nitrogens is 1. The number of hydrogen-bond acceptors (Lipinski definition) is 3. The number of fused-ring (bicyclic) bond motifs is 2. The highest BCUT2D eigenvalue weighted by Crippen LogP contribution is 2.28. The molecule has 2 saturated heterocycles. The SMILES string of the molecule is CC.Cc1ccnc(N2CC3CCC(C2)O3)c1.